The predicted molar refractivity (Wildman–Crippen MR) is 92.0 cm³/mol. The normalized spacial score (nSPS) is 12.2. The number of hydrogen-bond acceptors (Lipinski definition) is 1. The average molecular weight is 295 g/mol. The zero-order chi connectivity index (χ0) is 16.1. The Hall–Kier alpha value is -2.09. The molecule has 1 N–H and O–H groups in total. The van der Waals surface area contributed by atoms with Crippen molar-refractivity contribution in [1.29, 1.82) is 0 Å². The third kappa shape index (κ3) is 4.20. The van der Waals surface area contributed by atoms with Gasteiger partial charge in [0.25, 0.3) is 5.91 Å². The van der Waals surface area contributed by atoms with Crippen LogP contribution in [0.25, 0.3) is 0 Å². The molecular weight excluding hydrogens is 270 g/mol. The Morgan fingerprint density at radius 2 is 1.73 bits per heavy atom. The Kier molecular flexibility index (Phi) is 5.37. The highest BCUT2D eigenvalue weighted by Gasteiger charge is 2.18. The van der Waals surface area contributed by atoms with Gasteiger partial charge in [0.15, 0.2) is 0 Å². The highest BCUT2D eigenvalue weighted by atomic mass is 16.1. The highest BCUT2D eigenvalue weighted by Crippen LogP contribution is 2.22. The van der Waals surface area contributed by atoms with Crippen LogP contribution in [0.2, 0.25) is 0 Å². The van der Waals surface area contributed by atoms with Gasteiger partial charge in [-0.15, -0.1) is 0 Å². The molecule has 0 saturated heterocycles. The van der Waals surface area contributed by atoms with Crippen molar-refractivity contribution in [2.45, 2.75) is 40.2 Å². The van der Waals surface area contributed by atoms with E-state index in [9.17, 15) is 4.79 Å². The minimum absolute atomic E-state index is 0.00648. The van der Waals surface area contributed by atoms with Crippen LogP contribution in [0.1, 0.15) is 53.4 Å². The van der Waals surface area contributed by atoms with Gasteiger partial charge in [-0.2, -0.15) is 0 Å². The Morgan fingerprint density at radius 1 is 1.05 bits per heavy atom. The molecule has 0 radical (unpaired) electrons. The minimum Gasteiger partial charge on any atom is -0.345 e. The molecule has 0 aliphatic heterocycles. The number of aryl methyl sites for hydroxylation is 2. The van der Waals surface area contributed by atoms with Gasteiger partial charge in [0.05, 0.1) is 6.04 Å². The van der Waals surface area contributed by atoms with E-state index in [4.69, 9.17) is 0 Å². The maximum atomic E-state index is 12.6. The molecule has 2 aromatic carbocycles. The van der Waals surface area contributed by atoms with Crippen molar-refractivity contribution in [1.82, 2.24) is 5.32 Å². The van der Waals surface area contributed by atoms with E-state index in [2.05, 4.69) is 37.4 Å². The van der Waals surface area contributed by atoms with E-state index in [1.54, 1.807) is 0 Å². The summed E-state index contributed by atoms with van der Waals surface area (Å²) in [5.74, 6) is 0.525. The van der Waals surface area contributed by atoms with Gasteiger partial charge in [-0.1, -0.05) is 61.9 Å². The lowest BCUT2D eigenvalue weighted by Crippen LogP contribution is -2.30. The number of hydrogen-bond donors (Lipinski definition) is 1. The molecule has 0 aliphatic rings. The summed E-state index contributed by atoms with van der Waals surface area (Å²) in [6.45, 7) is 8.39. The first-order valence-electron chi connectivity index (χ1n) is 7.90. The van der Waals surface area contributed by atoms with Crippen molar-refractivity contribution in [3.63, 3.8) is 0 Å². The lowest BCUT2D eigenvalue weighted by molar-refractivity contribution is 0.0931. The van der Waals surface area contributed by atoms with Crippen LogP contribution >= 0.6 is 0 Å². The molecule has 0 bridgehead atoms. The molecule has 0 fully saturated rings. The maximum absolute atomic E-state index is 12.6. The first kappa shape index (κ1) is 16.3. The predicted octanol–water partition coefficient (Wildman–Crippen LogP) is 4.82. The van der Waals surface area contributed by atoms with Crippen molar-refractivity contribution in [3.05, 3.63) is 70.8 Å². The summed E-state index contributed by atoms with van der Waals surface area (Å²) >= 11 is 0. The smallest absolute Gasteiger partial charge is 0.252 e. The van der Waals surface area contributed by atoms with E-state index in [-0.39, 0.29) is 11.9 Å². The molecule has 2 nitrogen and oxygen atoms in total. The SMILES string of the molecule is Cc1ccc(C(=O)N[C@@H](CC(C)C)c2ccccc2)c(C)c1. The van der Waals surface area contributed by atoms with E-state index in [1.165, 1.54) is 5.56 Å². The molecule has 0 aliphatic carbocycles. The Labute approximate surface area is 133 Å². The summed E-state index contributed by atoms with van der Waals surface area (Å²) in [5.41, 5.74) is 4.12. The van der Waals surface area contributed by atoms with Crippen molar-refractivity contribution >= 4 is 5.91 Å². The molecule has 0 aromatic heterocycles. The topological polar surface area (TPSA) is 29.1 Å². The molecular formula is C20H25NO. The molecule has 0 heterocycles. The van der Waals surface area contributed by atoms with Crippen molar-refractivity contribution < 1.29 is 4.79 Å². The Bertz CT molecular complexity index is 631. The molecule has 0 unspecified atom stereocenters. The number of carbonyl (C=O) groups is 1. The minimum atomic E-state index is 0.00648. The Balaban J connectivity index is 2.21. The molecule has 2 rings (SSSR count). The van der Waals surface area contributed by atoms with Crippen molar-refractivity contribution in [2.75, 3.05) is 0 Å². The van der Waals surface area contributed by atoms with Crippen LogP contribution < -0.4 is 5.32 Å². The van der Waals surface area contributed by atoms with E-state index >= 15 is 0 Å². The van der Waals surface area contributed by atoms with Crippen molar-refractivity contribution in [3.8, 4) is 0 Å². The van der Waals surface area contributed by atoms with Crippen LogP contribution in [-0.2, 0) is 0 Å². The zero-order valence-electron chi connectivity index (χ0n) is 13.9. The second-order valence-corrected chi connectivity index (χ2v) is 6.38. The van der Waals surface area contributed by atoms with Crippen molar-refractivity contribution in [2.24, 2.45) is 5.92 Å². The molecule has 2 aromatic rings. The van der Waals surface area contributed by atoms with E-state index in [0.717, 1.165) is 23.1 Å². The number of carbonyl (C=O) groups excluding carboxylic acids is 1. The zero-order valence-corrected chi connectivity index (χ0v) is 13.9. The summed E-state index contributed by atoms with van der Waals surface area (Å²) in [6.07, 6.45) is 0.931. The van der Waals surface area contributed by atoms with Gasteiger partial charge < -0.3 is 5.32 Å². The van der Waals surface area contributed by atoms with Crippen LogP contribution in [0.5, 0.6) is 0 Å². The third-order valence-electron chi connectivity index (χ3n) is 3.84. The summed E-state index contributed by atoms with van der Waals surface area (Å²) in [6, 6.07) is 16.2. The van der Waals surface area contributed by atoms with Gasteiger partial charge in [0.1, 0.15) is 0 Å². The monoisotopic (exact) mass is 295 g/mol. The number of rotatable bonds is 5. The fourth-order valence-electron chi connectivity index (χ4n) is 2.74. The summed E-state index contributed by atoms with van der Waals surface area (Å²) in [5, 5.41) is 3.20. The van der Waals surface area contributed by atoms with Crippen LogP contribution in [0.4, 0.5) is 0 Å². The van der Waals surface area contributed by atoms with Crippen LogP contribution in [0.3, 0.4) is 0 Å². The van der Waals surface area contributed by atoms with Crippen LogP contribution in [-0.4, -0.2) is 5.91 Å². The lowest BCUT2D eigenvalue weighted by Gasteiger charge is -2.22. The average Bonchev–Trinajstić information content (AvgIpc) is 2.46. The molecule has 116 valence electrons. The highest BCUT2D eigenvalue weighted by molar-refractivity contribution is 5.95. The van der Waals surface area contributed by atoms with Crippen LogP contribution in [0.15, 0.2) is 48.5 Å². The van der Waals surface area contributed by atoms with Gasteiger partial charge in [0.2, 0.25) is 0 Å². The number of amides is 1. The quantitative estimate of drug-likeness (QED) is 0.841. The van der Waals surface area contributed by atoms with Gasteiger partial charge in [0, 0.05) is 5.56 Å². The second-order valence-electron chi connectivity index (χ2n) is 6.38. The molecule has 22 heavy (non-hydrogen) atoms. The molecule has 1 atom stereocenters. The lowest BCUT2D eigenvalue weighted by atomic mass is 9.96. The first-order chi connectivity index (χ1) is 10.5. The van der Waals surface area contributed by atoms with Crippen LogP contribution in [0, 0.1) is 19.8 Å². The van der Waals surface area contributed by atoms with E-state index in [1.807, 2.05) is 44.2 Å². The molecule has 0 spiro atoms. The van der Waals surface area contributed by atoms with Gasteiger partial charge in [-0.3, -0.25) is 4.79 Å². The fourth-order valence-corrected chi connectivity index (χ4v) is 2.74. The second kappa shape index (κ2) is 7.26. The Morgan fingerprint density at radius 3 is 2.32 bits per heavy atom. The number of benzene rings is 2. The maximum Gasteiger partial charge on any atom is 0.252 e. The summed E-state index contributed by atoms with van der Waals surface area (Å²) in [7, 11) is 0. The van der Waals surface area contributed by atoms with E-state index < -0.39 is 0 Å². The standard InChI is InChI=1S/C20H25NO/c1-14(2)12-19(17-8-6-5-7-9-17)21-20(22)18-11-10-15(3)13-16(18)4/h5-11,13-14,19H,12H2,1-4H3,(H,21,22)/t19-/m0/s1. The van der Waals surface area contributed by atoms with Gasteiger partial charge in [-0.05, 0) is 43.4 Å². The molecule has 0 saturated carbocycles. The van der Waals surface area contributed by atoms with Gasteiger partial charge >= 0.3 is 0 Å². The summed E-state index contributed by atoms with van der Waals surface area (Å²) < 4.78 is 0. The third-order valence-corrected chi connectivity index (χ3v) is 3.84. The van der Waals surface area contributed by atoms with Gasteiger partial charge in [-0.25, -0.2) is 0 Å². The fraction of sp³-hybridized carbons (Fsp3) is 0.350. The molecule has 2 heteroatoms. The molecule has 1 amide bonds. The van der Waals surface area contributed by atoms with E-state index in [0.29, 0.717) is 5.92 Å². The number of nitrogens with one attached hydrogen (secondary N) is 1. The first-order valence-corrected chi connectivity index (χ1v) is 7.90. The largest absolute Gasteiger partial charge is 0.345 e. The summed E-state index contributed by atoms with van der Waals surface area (Å²) in [4.78, 5) is 12.6.